The zero-order chi connectivity index (χ0) is 16.7. The molecule has 4 heterocycles. The van der Waals surface area contributed by atoms with E-state index in [0.717, 1.165) is 19.3 Å². The number of hydrogen-bond acceptors (Lipinski definition) is 5. The van der Waals surface area contributed by atoms with Crippen LogP contribution in [0.4, 0.5) is 4.39 Å². The molecule has 0 amide bonds. The highest BCUT2D eigenvalue weighted by atomic mass is 35.5. The molecular formula is C16H15ClFN5O. The van der Waals surface area contributed by atoms with E-state index in [2.05, 4.69) is 19.9 Å². The van der Waals surface area contributed by atoms with E-state index in [4.69, 9.17) is 16.3 Å². The molecule has 1 unspecified atom stereocenters. The Labute approximate surface area is 142 Å². The molecular weight excluding hydrogens is 333 g/mol. The van der Waals surface area contributed by atoms with E-state index < -0.39 is 5.95 Å². The Hall–Kier alpha value is -2.12. The minimum Gasteiger partial charge on any atom is -0.358 e. The summed E-state index contributed by atoms with van der Waals surface area (Å²) in [6, 6.07) is 1.50. The minimum absolute atomic E-state index is 0.103. The zero-order valence-corrected chi connectivity index (χ0v) is 13.8. The van der Waals surface area contributed by atoms with Gasteiger partial charge in [-0.2, -0.15) is 4.39 Å². The molecule has 0 bridgehead atoms. The zero-order valence-electron chi connectivity index (χ0n) is 13.0. The maximum absolute atomic E-state index is 14.2. The van der Waals surface area contributed by atoms with Crippen LogP contribution in [0.25, 0.3) is 22.4 Å². The van der Waals surface area contributed by atoms with Crippen LogP contribution in [-0.4, -0.2) is 31.1 Å². The lowest BCUT2D eigenvalue weighted by Crippen LogP contribution is -2.17. The largest absolute Gasteiger partial charge is 0.358 e. The van der Waals surface area contributed by atoms with Gasteiger partial charge in [-0.15, -0.1) is 0 Å². The molecule has 8 heteroatoms. The number of pyridine rings is 1. The Kier molecular flexibility index (Phi) is 3.90. The predicted molar refractivity (Wildman–Crippen MR) is 87.1 cm³/mol. The fraction of sp³-hybridized carbons (Fsp3) is 0.375. The molecule has 3 aromatic rings. The van der Waals surface area contributed by atoms with Gasteiger partial charge < -0.3 is 4.74 Å². The molecule has 4 rings (SSSR count). The van der Waals surface area contributed by atoms with Crippen LogP contribution in [0.1, 0.15) is 31.3 Å². The Balaban J connectivity index is 1.91. The van der Waals surface area contributed by atoms with Gasteiger partial charge in [0.15, 0.2) is 5.65 Å². The second kappa shape index (κ2) is 6.07. The Bertz CT molecular complexity index is 907. The molecule has 6 nitrogen and oxygen atoms in total. The third-order valence-corrected chi connectivity index (χ3v) is 4.27. The summed E-state index contributed by atoms with van der Waals surface area (Å²) in [7, 11) is 0. The van der Waals surface area contributed by atoms with Crippen molar-refractivity contribution in [3.8, 4) is 11.3 Å². The van der Waals surface area contributed by atoms with Crippen molar-refractivity contribution in [2.75, 3.05) is 6.61 Å². The molecule has 0 aliphatic carbocycles. The first kappa shape index (κ1) is 15.4. The lowest BCUT2D eigenvalue weighted by Gasteiger charge is -2.23. The summed E-state index contributed by atoms with van der Waals surface area (Å²) in [6.07, 6.45) is 5.88. The van der Waals surface area contributed by atoms with Gasteiger partial charge >= 0.3 is 0 Å². The summed E-state index contributed by atoms with van der Waals surface area (Å²) >= 11 is 5.97. The topological polar surface area (TPSA) is 65.7 Å². The number of fused-ring (bicyclic) bond motifs is 1. The lowest BCUT2D eigenvalue weighted by molar-refractivity contribution is -0.0298. The highest BCUT2D eigenvalue weighted by Crippen LogP contribution is 2.31. The van der Waals surface area contributed by atoms with Gasteiger partial charge in [-0.05, 0) is 32.3 Å². The average Bonchev–Trinajstić information content (AvgIpc) is 3.01. The van der Waals surface area contributed by atoms with Crippen molar-refractivity contribution < 1.29 is 9.13 Å². The van der Waals surface area contributed by atoms with E-state index in [0.29, 0.717) is 34.3 Å². The Morgan fingerprint density at radius 1 is 1.29 bits per heavy atom. The first-order valence-electron chi connectivity index (χ1n) is 7.77. The fourth-order valence-electron chi connectivity index (χ4n) is 2.96. The van der Waals surface area contributed by atoms with Crippen LogP contribution in [0, 0.1) is 12.9 Å². The second-order valence-electron chi connectivity index (χ2n) is 5.76. The third kappa shape index (κ3) is 2.63. The SMILES string of the molecule is Cc1nc(-c2cc(Cl)cnc2F)c2ncn(C3CCCCO3)c2n1. The number of ether oxygens (including phenoxy) is 1. The standard InChI is InChI=1S/C16H15ClFN5O/c1-9-21-13(11-6-10(17)7-19-15(11)18)14-16(22-9)23(8-20-14)12-4-2-3-5-24-12/h6-8,12H,2-5H2,1H3. The summed E-state index contributed by atoms with van der Waals surface area (Å²) in [4.78, 5) is 16.9. The van der Waals surface area contributed by atoms with Gasteiger partial charge in [0.2, 0.25) is 5.95 Å². The van der Waals surface area contributed by atoms with Crippen LogP contribution in [0.15, 0.2) is 18.6 Å². The van der Waals surface area contributed by atoms with Gasteiger partial charge in [-0.3, -0.25) is 4.57 Å². The highest BCUT2D eigenvalue weighted by Gasteiger charge is 2.22. The molecule has 1 aliphatic heterocycles. The summed E-state index contributed by atoms with van der Waals surface area (Å²) in [5.41, 5.74) is 1.74. The molecule has 0 aromatic carbocycles. The molecule has 3 aromatic heterocycles. The summed E-state index contributed by atoms with van der Waals surface area (Å²) in [5, 5.41) is 0.339. The lowest BCUT2D eigenvalue weighted by atomic mass is 10.1. The second-order valence-corrected chi connectivity index (χ2v) is 6.19. The molecule has 1 fully saturated rings. The number of aryl methyl sites for hydroxylation is 1. The number of hydrogen-bond donors (Lipinski definition) is 0. The van der Waals surface area contributed by atoms with E-state index in [-0.39, 0.29) is 11.8 Å². The number of aromatic nitrogens is 5. The van der Waals surface area contributed by atoms with Gasteiger partial charge in [-0.1, -0.05) is 11.6 Å². The van der Waals surface area contributed by atoms with Crippen molar-refractivity contribution in [1.82, 2.24) is 24.5 Å². The third-order valence-electron chi connectivity index (χ3n) is 4.06. The molecule has 24 heavy (non-hydrogen) atoms. The van der Waals surface area contributed by atoms with Crippen molar-refractivity contribution in [3.63, 3.8) is 0 Å². The van der Waals surface area contributed by atoms with Gasteiger partial charge in [0.25, 0.3) is 0 Å². The smallest absolute Gasteiger partial charge is 0.222 e. The van der Waals surface area contributed by atoms with Crippen molar-refractivity contribution in [1.29, 1.82) is 0 Å². The van der Waals surface area contributed by atoms with Gasteiger partial charge in [0, 0.05) is 12.8 Å². The number of imidazole rings is 1. The molecule has 0 N–H and O–H groups in total. The van der Waals surface area contributed by atoms with Crippen LogP contribution >= 0.6 is 11.6 Å². The first-order chi connectivity index (χ1) is 11.6. The normalized spacial score (nSPS) is 18.2. The Morgan fingerprint density at radius 3 is 2.96 bits per heavy atom. The van der Waals surface area contributed by atoms with Crippen LogP contribution in [-0.2, 0) is 4.74 Å². The van der Waals surface area contributed by atoms with Crippen molar-refractivity contribution in [2.24, 2.45) is 0 Å². The minimum atomic E-state index is -0.637. The maximum Gasteiger partial charge on any atom is 0.222 e. The number of nitrogens with zero attached hydrogens (tertiary/aromatic N) is 5. The quantitative estimate of drug-likeness (QED) is 0.661. The van der Waals surface area contributed by atoms with Crippen LogP contribution in [0.2, 0.25) is 5.02 Å². The molecule has 124 valence electrons. The fourth-order valence-corrected chi connectivity index (χ4v) is 3.11. The van der Waals surface area contributed by atoms with E-state index in [1.165, 1.54) is 12.3 Å². The molecule has 1 saturated heterocycles. The van der Waals surface area contributed by atoms with E-state index in [9.17, 15) is 4.39 Å². The van der Waals surface area contributed by atoms with Gasteiger partial charge in [-0.25, -0.2) is 19.9 Å². The van der Waals surface area contributed by atoms with Gasteiger partial charge in [0.1, 0.15) is 23.3 Å². The number of rotatable bonds is 2. The Morgan fingerprint density at radius 2 is 2.17 bits per heavy atom. The van der Waals surface area contributed by atoms with E-state index in [1.807, 2.05) is 4.57 Å². The molecule has 1 atom stereocenters. The van der Waals surface area contributed by atoms with Gasteiger partial charge in [0.05, 0.1) is 16.9 Å². The van der Waals surface area contributed by atoms with E-state index >= 15 is 0 Å². The predicted octanol–water partition coefficient (Wildman–Crippen LogP) is 3.69. The highest BCUT2D eigenvalue weighted by molar-refractivity contribution is 6.30. The number of halogens is 2. The molecule has 0 spiro atoms. The molecule has 0 radical (unpaired) electrons. The van der Waals surface area contributed by atoms with Crippen molar-refractivity contribution in [3.05, 3.63) is 35.4 Å². The van der Waals surface area contributed by atoms with Crippen LogP contribution in [0.5, 0.6) is 0 Å². The maximum atomic E-state index is 14.2. The monoisotopic (exact) mass is 347 g/mol. The summed E-state index contributed by atoms with van der Waals surface area (Å²) in [6.45, 7) is 2.48. The average molecular weight is 348 g/mol. The summed E-state index contributed by atoms with van der Waals surface area (Å²) < 4.78 is 21.9. The molecule has 0 saturated carbocycles. The first-order valence-corrected chi connectivity index (χ1v) is 8.15. The summed E-state index contributed by atoms with van der Waals surface area (Å²) in [5.74, 6) is -0.114. The molecule has 1 aliphatic rings. The van der Waals surface area contributed by atoms with Crippen LogP contribution in [0.3, 0.4) is 0 Å². The van der Waals surface area contributed by atoms with E-state index in [1.54, 1.807) is 13.3 Å². The van der Waals surface area contributed by atoms with Crippen molar-refractivity contribution >= 4 is 22.8 Å². The van der Waals surface area contributed by atoms with Crippen LogP contribution < -0.4 is 0 Å². The van der Waals surface area contributed by atoms with Crippen molar-refractivity contribution in [2.45, 2.75) is 32.4 Å².